The molecule has 0 saturated carbocycles. The number of anilines is 1. The van der Waals surface area contributed by atoms with Crippen LogP contribution in [0.4, 0.5) is 5.69 Å². The number of para-hydroxylation sites is 1. The Kier molecular flexibility index (Phi) is 7.15. The summed E-state index contributed by atoms with van der Waals surface area (Å²) in [6.45, 7) is 1.76. The maximum absolute atomic E-state index is 13.1. The van der Waals surface area contributed by atoms with Gasteiger partial charge in [-0.15, -0.1) is 0 Å². The summed E-state index contributed by atoms with van der Waals surface area (Å²) in [6.07, 6.45) is 1.82. The Morgan fingerprint density at radius 3 is 2.19 bits per heavy atom. The van der Waals surface area contributed by atoms with E-state index in [0.717, 1.165) is 5.56 Å². The third-order valence-corrected chi connectivity index (χ3v) is 5.34. The summed E-state index contributed by atoms with van der Waals surface area (Å²) in [7, 11) is 1.75. The molecule has 0 aliphatic carbocycles. The maximum Gasteiger partial charge on any atom is 0.295 e. The summed E-state index contributed by atoms with van der Waals surface area (Å²) < 4.78 is 1.26. The lowest BCUT2D eigenvalue weighted by atomic mass is 10.2. The Morgan fingerprint density at radius 1 is 1.03 bits per heavy atom. The molecule has 1 aromatic heterocycles. The molecule has 0 bridgehead atoms. The predicted octanol–water partition coefficient (Wildman–Crippen LogP) is 4.42. The molecule has 9 heteroatoms. The van der Waals surface area contributed by atoms with Crippen LogP contribution in [0.25, 0.3) is 11.8 Å². The quantitative estimate of drug-likeness (QED) is 0.312. The van der Waals surface area contributed by atoms with Crippen LogP contribution in [-0.2, 0) is 11.8 Å². The monoisotopic (exact) mass is 478 g/mol. The molecule has 3 aromatic rings. The third-order valence-electron chi connectivity index (χ3n) is 4.68. The first-order valence-electron chi connectivity index (χ1n) is 9.39. The number of carbonyl (C=O) groups is 1. The Labute approximate surface area is 195 Å². The van der Waals surface area contributed by atoms with E-state index in [4.69, 9.17) is 34.8 Å². The van der Waals surface area contributed by atoms with Gasteiger partial charge < -0.3 is 10.6 Å². The van der Waals surface area contributed by atoms with E-state index in [-0.39, 0.29) is 11.2 Å². The zero-order valence-electron chi connectivity index (χ0n) is 16.9. The summed E-state index contributed by atoms with van der Waals surface area (Å²) in [6, 6.07) is 18.5. The summed E-state index contributed by atoms with van der Waals surface area (Å²) in [5.74, 6) is -0.482. The van der Waals surface area contributed by atoms with Crippen molar-refractivity contribution in [2.45, 2.75) is 16.9 Å². The molecular weight excluding hydrogens is 459 g/mol. The van der Waals surface area contributed by atoms with Crippen molar-refractivity contribution in [2.24, 2.45) is 7.05 Å². The molecule has 1 heterocycles. The fourth-order valence-electron chi connectivity index (χ4n) is 3.01. The van der Waals surface area contributed by atoms with Crippen molar-refractivity contribution in [3.63, 3.8) is 0 Å². The molecule has 2 N–H and O–H groups in total. The molecular formula is C22H21Cl3N4O2. The van der Waals surface area contributed by atoms with Crippen molar-refractivity contribution in [3.05, 3.63) is 88.4 Å². The lowest BCUT2D eigenvalue weighted by Gasteiger charge is -2.26. The second-order valence-electron chi connectivity index (χ2n) is 6.81. The first kappa shape index (κ1) is 23.0. The topological polar surface area (TPSA) is 68.1 Å². The van der Waals surface area contributed by atoms with Gasteiger partial charge in [-0.1, -0.05) is 83.3 Å². The van der Waals surface area contributed by atoms with E-state index in [9.17, 15) is 9.59 Å². The molecule has 162 valence electrons. The Hall–Kier alpha value is -2.67. The van der Waals surface area contributed by atoms with Crippen LogP contribution in [0.5, 0.6) is 0 Å². The van der Waals surface area contributed by atoms with Gasteiger partial charge in [0.2, 0.25) is 9.70 Å². The van der Waals surface area contributed by atoms with Crippen molar-refractivity contribution >= 4 is 52.5 Å². The highest BCUT2D eigenvalue weighted by molar-refractivity contribution is 6.68. The number of hydrogen-bond acceptors (Lipinski definition) is 3. The lowest BCUT2D eigenvalue weighted by Crippen LogP contribution is -2.49. The number of alkyl halides is 3. The number of aromatic nitrogens is 2. The SMILES string of the molecule is Cc1c(N[C@H](NC(=O)/C=C/c2ccccc2)C(Cl)(Cl)Cl)c(=O)n(-c2ccccc2)n1C. The molecule has 2 aromatic carbocycles. The summed E-state index contributed by atoms with van der Waals surface area (Å²) in [5.41, 5.74) is 2.03. The average Bonchev–Trinajstić information content (AvgIpc) is 2.95. The summed E-state index contributed by atoms with van der Waals surface area (Å²) in [5, 5.41) is 5.51. The zero-order chi connectivity index (χ0) is 22.6. The first-order chi connectivity index (χ1) is 14.7. The normalized spacial score (nSPS) is 12.7. The average molecular weight is 480 g/mol. The van der Waals surface area contributed by atoms with Crippen LogP contribution in [0, 0.1) is 6.92 Å². The molecule has 31 heavy (non-hydrogen) atoms. The van der Waals surface area contributed by atoms with Gasteiger partial charge >= 0.3 is 0 Å². The summed E-state index contributed by atoms with van der Waals surface area (Å²) in [4.78, 5) is 25.5. The molecule has 0 radical (unpaired) electrons. The minimum atomic E-state index is -1.91. The van der Waals surface area contributed by atoms with E-state index in [1.807, 2.05) is 60.7 Å². The van der Waals surface area contributed by atoms with Gasteiger partial charge in [-0.25, -0.2) is 4.68 Å². The van der Waals surface area contributed by atoms with Crippen LogP contribution in [0.2, 0.25) is 0 Å². The van der Waals surface area contributed by atoms with E-state index < -0.39 is 15.9 Å². The zero-order valence-corrected chi connectivity index (χ0v) is 19.1. The predicted molar refractivity (Wildman–Crippen MR) is 127 cm³/mol. The minimum absolute atomic E-state index is 0.218. The Bertz CT molecular complexity index is 1130. The number of rotatable bonds is 6. The van der Waals surface area contributed by atoms with Gasteiger partial charge in [-0.2, -0.15) is 0 Å². The largest absolute Gasteiger partial charge is 0.356 e. The van der Waals surface area contributed by atoms with Crippen molar-refractivity contribution in [1.82, 2.24) is 14.7 Å². The highest BCUT2D eigenvalue weighted by atomic mass is 35.6. The molecule has 1 atom stereocenters. The third kappa shape index (κ3) is 5.53. The number of nitrogens with zero attached hydrogens (tertiary/aromatic N) is 2. The molecule has 6 nitrogen and oxygen atoms in total. The molecule has 0 fully saturated rings. The smallest absolute Gasteiger partial charge is 0.295 e. The van der Waals surface area contributed by atoms with Crippen LogP contribution in [0.3, 0.4) is 0 Å². The Balaban J connectivity index is 1.86. The van der Waals surface area contributed by atoms with Crippen molar-refractivity contribution < 1.29 is 4.79 Å². The molecule has 0 saturated heterocycles. The van der Waals surface area contributed by atoms with Crippen molar-refractivity contribution in [1.29, 1.82) is 0 Å². The fourth-order valence-corrected chi connectivity index (χ4v) is 3.33. The summed E-state index contributed by atoms with van der Waals surface area (Å²) >= 11 is 18.3. The van der Waals surface area contributed by atoms with E-state index in [1.54, 1.807) is 24.7 Å². The van der Waals surface area contributed by atoms with Crippen LogP contribution in [0.15, 0.2) is 71.5 Å². The van der Waals surface area contributed by atoms with Gasteiger partial charge in [0, 0.05) is 13.1 Å². The van der Waals surface area contributed by atoms with Gasteiger partial charge in [0.05, 0.1) is 11.4 Å². The number of nitrogens with one attached hydrogen (secondary N) is 2. The van der Waals surface area contributed by atoms with Gasteiger partial charge in [-0.3, -0.25) is 14.3 Å². The van der Waals surface area contributed by atoms with E-state index in [0.29, 0.717) is 11.4 Å². The van der Waals surface area contributed by atoms with E-state index in [2.05, 4.69) is 10.6 Å². The number of amides is 1. The molecule has 0 aliphatic heterocycles. The number of carbonyl (C=O) groups excluding carboxylic acids is 1. The lowest BCUT2D eigenvalue weighted by molar-refractivity contribution is -0.116. The fraction of sp³-hybridized carbons (Fsp3) is 0.182. The van der Waals surface area contributed by atoms with E-state index >= 15 is 0 Å². The van der Waals surface area contributed by atoms with Crippen LogP contribution >= 0.6 is 34.8 Å². The van der Waals surface area contributed by atoms with Crippen molar-refractivity contribution in [2.75, 3.05) is 5.32 Å². The van der Waals surface area contributed by atoms with Crippen LogP contribution in [0.1, 0.15) is 11.3 Å². The van der Waals surface area contributed by atoms with Gasteiger partial charge in [0.15, 0.2) is 0 Å². The van der Waals surface area contributed by atoms with E-state index in [1.165, 1.54) is 10.8 Å². The second-order valence-corrected chi connectivity index (χ2v) is 9.18. The number of hydrogen-bond donors (Lipinski definition) is 2. The molecule has 3 rings (SSSR count). The first-order valence-corrected chi connectivity index (χ1v) is 10.5. The molecule has 0 unspecified atom stereocenters. The number of benzene rings is 2. The minimum Gasteiger partial charge on any atom is -0.356 e. The molecule has 0 aliphatic rings. The highest BCUT2D eigenvalue weighted by Crippen LogP contribution is 2.31. The van der Waals surface area contributed by atoms with Gasteiger partial charge in [0.1, 0.15) is 11.9 Å². The van der Waals surface area contributed by atoms with Crippen LogP contribution in [-0.4, -0.2) is 25.2 Å². The maximum atomic E-state index is 13.1. The van der Waals surface area contributed by atoms with Gasteiger partial charge in [-0.05, 0) is 30.7 Å². The van der Waals surface area contributed by atoms with Gasteiger partial charge in [0.25, 0.3) is 5.56 Å². The van der Waals surface area contributed by atoms with Crippen molar-refractivity contribution in [3.8, 4) is 5.69 Å². The highest BCUT2D eigenvalue weighted by Gasteiger charge is 2.35. The number of halogens is 3. The second kappa shape index (κ2) is 9.64. The molecule has 0 spiro atoms. The standard InChI is InChI=1S/C22H21Cl3N4O2/c1-15-19(20(31)29(28(15)2)17-11-7-4-8-12-17)27-21(22(23,24)25)26-18(30)14-13-16-9-5-3-6-10-16/h3-14,21,27H,1-2H3,(H,26,30)/b14-13+/t21-/m0/s1. The molecule has 1 amide bonds. The van der Waals surface area contributed by atoms with Crippen LogP contribution < -0.4 is 16.2 Å². The Morgan fingerprint density at radius 2 is 1.61 bits per heavy atom.